The van der Waals surface area contributed by atoms with Gasteiger partial charge in [0.25, 0.3) is 0 Å². The summed E-state index contributed by atoms with van der Waals surface area (Å²) in [5.41, 5.74) is 0.288. The molecule has 0 aliphatic heterocycles. The van der Waals surface area contributed by atoms with Gasteiger partial charge >= 0.3 is 0 Å². The first kappa shape index (κ1) is 12.8. The van der Waals surface area contributed by atoms with E-state index >= 15 is 0 Å². The molecule has 2 heteroatoms. The average Bonchev–Trinajstić information content (AvgIpc) is 2.29. The SMILES string of the molecule is C[C@@]1(O)CCC[C@@H]([Si](C)(C)c2ccccc2)C1. The molecular formula is C15H24OSi. The van der Waals surface area contributed by atoms with Crippen LogP contribution in [0.4, 0.5) is 0 Å². The number of benzene rings is 1. The number of rotatable bonds is 2. The Hall–Kier alpha value is -0.603. The first-order chi connectivity index (χ1) is 7.92. The second-order valence-corrected chi connectivity index (χ2v) is 11.2. The molecule has 2 atom stereocenters. The van der Waals surface area contributed by atoms with E-state index in [1.807, 2.05) is 6.92 Å². The van der Waals surface area contributed by atoms with Crippen molar-refractivity contribution in [2.24, 2.45) is 0 Å². The molecule has 1 aliphatic carbocycles. The summed E-state index contributed by atoms with van der Waals surface area (Å²) in [6.07, 6.45) is 4.44. The van der Waals surface area contributed by atoms with E-state index in [9.17, 15) is 5.11 Å². The average molecular weight is 248 g/mol. The van der Waals surface area contributed by atoms with Crippen LogP contribution in [0.25, 0.3) is 0 Å². The van der Waals surface area contributed by atoms with E-state index in [-0.39, 0.29) is 0 Å². The van der Waals surface area contributed by atoms with Gasteiger partial charge in [-0.3, -0.25) is 0 Å². The molecule has 0 amide bonds. The number of hydrogen-bond donors (Lipinski definition) is 1. The lowest BCUT2D eigenvalue weighted by atomic mass is 9.86. The molecule has 0 radical (unpaired) electrons. The molecule has 1 N–H and O–H groups in total. The van der Waals surface area contributed by atoms with Crippen molar-refractivity contribution >= 4 is 13.3 Å². The van der Waals surface area contributed by atoms with Gasteiger partial charge in [0.15, 0.2) is 0 Å². The molecular weight excluding hydrogens is 224 g/mol. The lowest BCUT2D eigenvalue weighted by Crippen LogP contribution is -2.49. The van der Waals surface area contributed by atoms with Gasteiger partial charge in [0.2, 0.25) is 0 Å². The minimum atomic E-state index is -1.43. The van der Waals surface area contributed by atoms with Crippen LogP contribution >= 0.6 is 0 Å². The van der Waals surface area contributed by atoms with Gasteiger partial charge in [0.1, 0.15) is 0 Å². The fourth-order valence-corrected chi connectivity index (χ4v) is 6.58. The third kappa shape index (κ3) is 2.80. The van der Waals surface area contributed by atoms with Crippen LogP contribution in [0.3, 0.4) is 0 Å². The van der Waals surface area contributed by atoms with E-state index in [2.05, 4.69) is 43.4 Å². The predicted molar refractivity (Wildman–Crippen MR) is 76.4 cm³/mol. The van der Waals surface area contributed by atoms with Gasteiger partial charge in [-0.15, -0.1) is 0 Å². The zero-order valence-electron chi connectivity index (χ0n) is 11.2. The molecule has 0 bridgehead atoms. The molecule has 1 aromatic carbocycles. The van der Waals surface area contributed by atoms with Crippen LogP contribution in [0, 0.1) is 0 Å². The van der Waals surface area contributed by atoms with Crippen LogP contribution < -0.4 is 5.19 Å². The maximum Gasteiger partial charge on any atom is 0.0837 e. The van der Waals surface area contributed by atoms with E-state index in [0.717, 1.165) is 12.8 Å². The van der Waals surface area contributed by atoms with Gasteiger partial charge in [0, 0.05) is 0 Å². The maximum absolute atomic E-state index is 10.3. The zero-order valence-corrected chi connectivity index (χ0v) is 12.2. The van der Waals surface area contributed by atoms with Gasteiger partial charge in [-0.1, -0.05) is 61.5 Å². The Morgan fingerprint density at radius 1 is 1.24 bits per heavy atom. The molecule has 0 heterocycles. The molecule has 0 saturated heterocycles. The molecule has 1 nitrogen and oxygen atoms in total. The molecule has 17 heavy (non-hydrogen) atoms. The first-order valence-electron chi connectivity index (χ1n) is 6.70. The summed E-state index contributed by atoms with van der Waals surface area (Å²) in [7, 11) is -1.43. The van der Waals surface area contributed by atoms with Crippen LogP contribution in [-0.2, 0) is 0 Å². The van der Waals surface area contributed by atoms with Crippen molar-refractivity contribution < 1.29 is 5.11 Å². The van der Waals surface area contributed by atoms with E-state index in [4.69, 9.17) is 0 Å². The molecule has 1 aromatic rings. The normalized spacial score (nSPS) is 30.2. The van der Waals surface area contributed by atoms with Crippen LogP contribution in [0.2, 0.25) is 18.6 Å². The van der Waals surface area contributed by atoms with Crippen LogP contribution in [0.5, 0.6) is 0 Å². The summed E-state index contributed by atoms with van der Waals surface area (Å²) < 4.78 is 0. The highest BCUT2D eigenvalue weighted by Crippen LogP contribution is 2.41. The molecule has 1 fully saturated rings. The van der Waals surface area contributed by atoms with Crippen LogP contribution in [0.15, 0.2) is 30.3 Å². The van der Waals surface area contributed by atoms with Crippen molar-refractivity contribution in [3.8, 4) is 0 Å². The topological polar surface area (TPSA) is 20.2 Å². The van der Waals surface area contributed by atoms with Gasteiger partial charge in [-0.25, -0.2) is 0 Å². The first-order valence-corrected chi connectivity index (χ1v) is 9.77. The van der Waals surface area contributed by atoms with Gasteiger partial charge in [-0.2, -0.15) is 0 Å². The van der Waals surface area contributed by atoms with Crippen molar-refractivity contribution in [1.82, 2.24) is 0 Å². The van der Waals surface area contributed by atoms with E-state index in [0.29, 0.717) is 5.54 Å². The highest BCUT2D eigenvalue weighted by Gasteiger charge is 2.40. The smallest absolute Gasteiger partial charge is 0.0837 e. The lowest BCUT2D eigenvalue weighted by Gasteiger charge is -2.41. The Kier molecular flexibility index (Phi) is 3.46. The van der Waals surface area contributed by atoms with Crippen molar-refractivity contribution in [1.29, 1.82) is 0 Å². The number of aliphatic hydroxyl groups is 1. The van der Waals surface area contributed by atoms with Crippen molar-refractivity contribution in [2.75, 3.05) is 0 Å². The fourth-order valence-electron chi connectivity index (χ4n) is 3.18. The largest absolute Gasteiger partial charge is 0.390 e. The summed E-state index contributed by atoms with van der Waals surface area (Å²) in [5, 5.41) is 11.8. The summed E-state index contributed by atoms with van der Waals surface area (Å²) in [4.78, 5) is 0. The van der Waals surface area contributed by atoms with Gasteiger partial charge in [-0.05, 0) is 25.3 Å². The second kappa shape index (κ2) is 4.58. The number of hydrogen-bond acceptors (Lipinski definition) is 1. The lowest BCUT2D eigenvalue weighted by molar-refractivity contribution is 0.0219. The second-order valence-electron chi connectivity index (χ2n) is 6.38. The Bertz CT molecular complexity index is 370. The predicted octanol–water partition coefficient (Wildman–Crippen LogP) is 3.30. The van der Waals surface area contributed by atoms with Crippen molar-refractivity contribution in [2.45, 2.75) is 56.8 Å². The Morgan fingerprint density at radius 3 is 2.47 bits per heavy atom. The fraction of sp³-hybridized carbons (Fsp3) is 0.600. The standard InChI is InChI=1S/C15H24OSi/c1-15(16)11-7-10-14(12-15)17(2,3)13-8-5-4-6-9-13/h4-6,8-9,14,16H,7,10-12H2,1-3H3/t14-,15-/m1/s1. The quantitative estimate of drug-likeness (QED) is 0.796. The van der Waals surface area contributed by atoms with E-state index in [1.54, 1.807) is 0 Å². The molecule has 1 aliphatic rings. The third-order valence-electron chi connectivity index (χ3n) is 4.49. The highest BCUT2D eigenvalue weighted by atomic mass is 28.3. The maximum atomic E-state index is 10.3. The van der Waals surface area contributed by atoms with Crippen LogP contribution in [0.1, 0.15) is 32.6 Å². The summed E-state index contributed by atoms with van der Waals surface area (Å²) in [5.74, 6) is 0. The molecule has 0 spiro atoms. The molecule has 0 aromatic heterocycles. The van der Waals surface area contributed by atoms with Gasteiger partial charge in [0.05, 0.1) is 13.7 Å². The summed E-state index contributed by atoms with van der Waals surface area (Å²) >= 11 is 0. The molecule has 1 saturated carbocycles. The summed E-state index contributed by atoms with van der Waals surface area (Å²) in [6.45, 7) is 6.91. The zero-order chi connectivity index (χ0) is 12.5. The molecule has 0 unspecified atom stereocenters. The van der Waals surface area contributed by atoms with Crippen molar-refractivity contribution in [3.05, 3.63) is 30.3 Å². The Labute approximate surface area is 106 Å². The highest BCUT2D eigenvalue weighted by molar-refractivity contribution is 6.91. The van der Waals surface area contributed by atoms with E-state index in [1.165, 1.54) is 18.0 Å². The Balaban J connectivity index is 2.21. The Morgan fingerprint density at radius 2 is 1.88 bits per heavy atom. The van der Waals surface area contributed by atoms with E-state index < -0.39 is 13.7 Å². The van der Waals surface area contributed by atoms with Crippen molar-refractivity contribution in [3.63, 3.8) is 0 Å². The summed E-state index contributed by atoms with van der Waals surface area (Å²) in [6, 6.07) is 10.9. The van der Waals surface area contributed by atoms with Crippen LogP contribution in [-0.4, -0.2) is 18.8 Å². The molecule has 2 rings (SSSR count). The van der Waals surface area contributed by atoms with Gasteiger partial charge < -0.3 is 5.11 Å². The third-order valence-corrected chi connectivity index (χ3v) is 8.85. The monoisotopic (exact) mass is 248 g/mol. The molecule has 94 valence electrons. The minimum Gasteiger partial charge on any atom is -0.390 e. The minimum absolute atomic E-state index is 0.429.